The van der Waals surface area contributed by atoms with E-state index in [1.54, 1.807) is 7.11 Å². The van der Waals surface area contributed by atoms with Gasteiger partial charge in [-0.1, -0.05) is 12.1 Å². The number of amides is 2. The highest BCUT2D eigenvalue weighted by Gasteiger charge is 2.23. The summed E-state index contributed by atoms with van der Waals surface area (Å²) in [6.07, 6.45) is 2.94. The van der Waals surface area contributed by atoms with Gasteiger partial charge in [0.25, 0.3) is 0 Å². The highest BCUT2D eigenvalue weighted by molar-refractivity contribution is 5.74. The minimum atomic E-state index is 0.0306. The zero-order chi connectivity index (χ0) is 15.9. The lowest BCUT2D eigenvalue weighted by molar-refractivity contribution is 0.148. The fraction of sp³-hybridized carbons (Fsp3) is 0.588. The summed E-state index contributed by atoms with van der Waals surface area (Å²) < 4.78 is 5.14. The van der Waals surface area contributed by atoms with Crippen LogP contribution in [0.25, 0.3) is 0 Å². The summed E-state index contributed by atoms with van der Waals surface area (Å²) in [5, 5.41) is 3.01. The lowest BCUT2D eigenvalue weighted by Crippen LogP contribution is -2.48. The van der Waals surface area contributed by atoms with Crippen molar-refractivity contribution in [2.24, 2.45) is 0 Å². The molecule has 1 aromatic carbocycles. The summed E-state index contributed by atoms with van der Waals surface area (Å²) in [4.78, 5) is 16.4. The Kier molecular flexibility index (Phi) is 6.07. The molecule has 0 unspecified atom stereocenters. The van der Waals surface area contributed by atoms with Crippen molar-refractivity contribution in [2.45, 2.75) is 25.3 Å². The van der Waals surface area contributed by atoms with Gasteiger partial charge in [-0.05, 0) is 57.1 Å². The lowest BCUT2D eigenvalue weighted by Gasteiger charge is -2.35. The highest BCUT2D eigenvalue weighted by Crippen LogP contribution is 2.14. The molecule has 0 bridgehead atoms. The third kappa shape index (κ3) is 4.63. The summed E-state index contributed by atoms with van der Waals surface area (Å²) in [5.41, 5.74) is 1.20. The van der Waals surface area contributed by atoms with Crippen LogP contribution in [-0.2, 0) is 6.42 Å². The number of methoxy groups -OCH3 is 1. The normalized spacial score (nSPS) is 16.3. The van der Waals surface area contributed by atoms with Crippen LogP contribution in [0.3, 0.4) is 0 Å². The van der Waals surface area contributed by atoms with Gasteiger partial charge in [-0.3, -0.25) is 0 Å². The van der Waals surface area contributed by atoms with Crippen molar-refractivity contribution in [3.05, 3.63) is 29.8 Å². The molecular formula is C17H27N3O2. The van der Waals surface area contributed by atoms with Gasteiger partial charge in [-0.25, -0.2) is 4.79 Å². The highest BCUT2D eigenvalue weighted by atomic mass is 16.5. The number of rotatable bonds is 5. The quantitative estimate of drug-likeness (QED) is 0.904. The minimum Gasteiger partial charge on any atom is -0.497 e. The number of urea groups is 1. The molecule has 0 aliphatic carbocycles. The second kappa shape index (κ2) is 8.03. The van der Waals surface area contributed by atoms with Crippen molar-refractivity contribution in [1.82, 2.24) is 15.1 Å². The van der Waals surface area contributed by atoms with Crippen molar-refractivity contribution in [2.75, 3.05) is 40.8 Å². The average Bonchev–Trinajstić information content (AvgIpc) is 2.55. The first-order valence-electron chi connectivity index (χ1n) is 7.92. The third-order valence-electron chi connectivity index (χ3n) is 4.41. The van der Waals surface area contributed by atoms with Crippen LogP contribution >= 0.6 is 0 Å². The number of piperidine rings is 1. The Balaban J connectivity index is 1.72. The van der Waals surface area contributed by atoms with Gasteiger partial charge in [0.1, 0.15) is 5.75 Å². The molecule has 1 aliphatic heterocycles. The molecule has 0 saturated carbocycles. The van der Waals surface area contributed by atoms with Gasteiger partial charge in [-0.15, -0.1) is 0 Å². The Labute approximate surface area is 133 Å². The van der Waals surface area contributed by atoms with Crippen molar-refractivity contribution in [1.29, 1.82) is 0 Å². The van der Waals surface area contributed by atoms with Crippen LogP contribution in [0.2, 0.25) is 0 Å². The lowest BCUT2D eigenvalue weighted by atomic mass is 10.0. The molecule has 0 spiro atoms. The summed E-state index contributed by atoms with van der Waals surface area (Å²) in [7, 11) is 5.69. The molecule has 0 radical (unpaired) electrons. The van der Waals surface area contributed by atoms with Crippen LogP contribution in [0.4, 0.5) is 4.79 Å². The fourth-order valence-corrected chi connectivity index (χ4v) is 2.78. The molecule has 5 nitrogen and oxygen atoms in total. The molecule has 5 heteroatoms. The van der Waals surface area contributed by atoms with Gasteiger partial charge in [0, 0.05) is 19.6 Å². The van der Waals surface area contributed by atoms with Crippen LogP contribution in [0.5, 0.6) is 5.75 Å². The van der Waals surface area contributed by atoms with Crippen molar-refractivity contribution < 1.29 is 9.53 Å². The Morgan fingerprint density at radius 1 is 1.32 bits per heavy atom. The maximum absolute atomic E-state index is 12.2. The maximum Gasteiger partial charge on any atom is 0.317 e. The van der Waals surface area contributed by atoms with Gasteiger partial charge in [0.2, 0.25) is 0 Å². The Bertz CT molecular complexity index is 467. The monoisotopic (exact) mass is 305 g/mol. The molecule has 2 rings (SSSR count). The molecule has 1 aliphatic rings. The van der Waals surface area contributed by atoms with Gasteiger partial charge in [-0.2, -0.15) is 0 Å². The van der Waals surface area contributed by atoms with E-state index in [1.807, 2.05) is 36.2 Å². The number of carbonyl (C=O) groups excluding carboxylic acids is 1. The van der Waals surface area contributed by atoms with Crippen molar-refractivity contribution >= 4 is 6.03 Å². The SMILES string of the molecule is COc1ccc(CCNC(=O)N(C)C2CCN(C)CC2)cc1. The number of nitrogens with one attached hydrogen (secondary N) is 1. The van der Waals surface area contributed by atoms with Crippen molar-refractivity contribution in [3.8, 4) is 5.75 Å². The van der Waals surface area contributed by atoms with Gasteiger partial charge in [0.15, 0.2) is 0 Å². The number of nitrogens with zero attached hydrogens (tertiary/aromatic N) is 2. The summed E-state index contributed by atoms with van der Waals surface area (Å²) >= 11 is 0. The van der Waals surface area contributed by atoms with E-state index in [2.05, 4.69) is 17.3 Å². The maximum atomic E-state index is 12.2. The van der Waals surface area contributed by atoms with E-state index in [4.69, 9.17) is 4.74 Å². The second-order valence-electron chi connectivity index (χ2n) is 5.98. The molecule has 1 saturated heterocycles. The number of ether oxygens (including phenoxy) is 1. The predicted octanol–water partition coefficient (Wildman–Crippen LogP) is 1.97. The van der Waals surface area contributed by atoms with Crippen LogP contribution in [0.1, 0.15) is 18.4 Å². The molecule has 1 aromatic rings. The van der Waals surface area contributed by atoms with Crippen LogP contribution in [0, 0.1) is 0 Å². The van der Waals surface area contributed by atoms with Crippen LogP contribution in [-0.4, -0.2) is 62.7 Å². The third-order valence-corrected chi connectivity index (χ3v) is 4.41. The molecule has 1 fully saturated rings. The predicted molar refractivity (Wildman–Crippen MR) is 88.4 cm³/mol. The molecule has 22 heavy (non-hydrogen) atoms. The Morgan fingerprint density at radius 3 is 2.55 bits per heavy atom. The van der Waals surface area contributed by atoms with E-state index in [-0.39, 0.29) is 6.03 Å². The first-order chi connectivity index (χ1) is 10.6. The molecule has 2 amide bonds. The number of hydrogen-bond acceptors (Lipinski definition) is 3. The van der Waals surface area contributed by atoms with Crippen LogP contribution < -0.4 is 10.1 Å². The van der Waals surface area contributed by atoms with E-state index in [1.165, 1.54) is 5.56 Å². The minimum absolute atomic E-state index is 0.0306. The number of benzene rings is 1. The van der Waals surface area contributed by atoms with Gasteiger partial charge in [0.05, 0.1) is 7.11 Å². The van der Waals surface area contributed by atoms with E-state index < -0.39 is 0 Å². The van der Waals surface area contributed by atoms with Crippen molar-refractivity contribution in [3.63, 3.8) is 0 Å². The largest absolute Gasteiger partial charge is 0.497 e. The van der Waals surface area contributed by atoms with E-state index in [0.717, 1.165) is 38.1 Å². The van der Waals surface area contributed by atoms with E-state index in [0.29, 0.717) is 12.6 Å². The molecule has 122 valence electrons. The molecule has 1 heterocycles. The average molecular weight is 305 g/mol. The number of carbonyl (C=O) groups is 1. The van der Waals surface area contributed by atoms with Crippen LogP contribution in [0.15, 0.2) is 24.3 Å². The number of likely N-dealkylation sites (tertiary alicyclic amines) is 1. The van der Waals surface area contributed by atoms with Gasteiger partial charge >= 0.3 is 6.03 Å². The molecule has 1 N–H and O–H groups in total. The zero-order valence-electron chi connectivity index (χ0n) is 13.8. The smallest absolute Gasteiger partial charge is 0.317 e. The van der Waals surface area contributed by atoms with E-state index in [9.17, 15) is 4.79 Å². The molecule has 0 atom stereocenters. The standard InChI is InChI=1S/C17H27N3O2/c1-19-12-9-15(10-13-19)20(2)17(21)18-11-8-14-4-6-16(22-3)7-5-14/h4-7,15H,8-13H2,1-3H3,(H,18,21). The first-order valence-corrected chi connectivity index (χ1v) is 7.92. The van der Waals surface area contributed by atoms with E-state index >= 15 is 0 Å². The summed E-state index contributed by atoms with van der Waals surface area (Å²) in [6.45, 7) is 2.78. The molecule has 0 aromatic heterocycles. The Morgan fingerprint density at radius 2 is 1.95 bits per heavy atom. The topological polar surface area (TPSA) is 44.8 Å². The second-order valence-corrected chi connectivity index (χ2v) is 5.98. The van der Waals surface area contributed by atoms with Gasteiger partial charge < -0.3 is 19.9 Å². The number of hydrogen-bond donors (Lipinski definition) is 1. The summed E-state index contributed by atoms with van der Waals surface area (Å²) in [5.74, 6) is 0.856. The molecular weight excluding hydrogens is 278 g/mol. The first kappa shape index (κ1) is 16.6. The zero-order valence-corrected chi connectivity index (χ0v) is 13.8. The fourth-order valence-electron chi connectivity index (χ4n) is 2.78. The summed E-state index contributed by atoms with van der Waals surface area (Å²) in [6, 6.07) is 8.35. The Hall–Kier alpha value is -1.75.